The van der Waals surface area contributed by atoms with Crippen LogP contribution in [-0.2, 0) is 11.8 Å². The Morgan fingerprint density at radius 2 is 1.96 bits per heavy atom. The summed E-state index contributed by atoms with van der Waals surface area (Å²) in [6.45, 7) is 7.24. The minimum absolute atomic E-state index is 0.0692. The number of carbonyl (C=O) groups excluding carboxylic acids is 2. The molecule has 3 N–H and O–H groups in total. The van der Waals surface area contributed by atoms with Gasteiger partial charge in [0.2, 0.25) is 5.78 Å². The van der Waals surface area contributed by atoms with Crippen molar-refractivity contribution in [2.24, 2.45) is 17.8 Å². The summed E-state index contributed by atoms with van der Waals surface area (Å²) in [5.41, 5.74) is 8.13. The molecule has 0 bridgehead atoms. The fourth-order valence-electron chi connectivity index (χ4n) is 2.49. The highest BCUT2D eigenvalue weighted by Gasteiger charge is 2.25. The lowest BCUT2D eigenvalue weighted by Crippen LogP contribution is -2.13. The van der Waals surface area contributed by atoms with Crippen LogP contribution in [0.15, 0.2) is 32.6 Å². The Morgan fingerprint density at radius 1 is 1.35 bits per heavy atom. The predicted octanol–water partition coefficient (Wildman–Crippen LogP) is 3.42. The van der Waals surface area contributed by atoms with Crippen LogP contribution in [0.5, 0.6) is 0 Å². The van der Waals surface area contributed by atoms with E-state index in [-0.39, 0.29) is 17.3 Å². The quantitative estimate of drug-likeness (QED) is 0.315. The molecule has 0 fully saturated rings. The molecular weight excluding hydrogens is 348 g/mol. The van der Waals surface area contributed by atoms with E-state index < -0.39 is 0 Å². The molecule has 1 rings (SSSR count). The maximum absolute atomic E-state index is 12.7. The summed E-state index contributed by atoms with van der Waals surface area (Å²) in [4.78, 5) is 30.2. The van der Waals surface area contributed by atoms with Gasteiger partial charge in [-0.25, -0.2) is 0 Å². The summed E-state index contributed by atoms with van der Waals surface area (Å²) >= 11 is 1.28. The van der Waals surface area contributed by atoms with Crippen molar-refractivity contribution in [1.29, 1.82) is 5.41 Å². The number of aromatic nitrogens is 1. The van der Waals surface area contributed by atoms with Gasteiger partial charge in [-0.15, -0.1) is 0 Å². The second-order valence-corrected chi connectivity index (χ2v) is 6.87. The number of nitrogens with one attached hydrogen (secondary N) is 1. The van der Waals surface area contributed by atoms with Crippen molar-refractivity contribution >= 4 is 35.3 Å². The molecule has 0 aliphatic rings. The van der Waals surface area contributed by atoms with E-state index in [1.165, 1.54) is 31.0 Å². The van der Waals surface area contributed by atoms with Crippen molar-refractivity contribution in [3.8, 4) is 0 Å². The highest BCUT2D eigenvalue weighted by molar-refractivity contribution is 8.04. The van der Waals surface area contributed by atoms with Gasteiger partial charge in [-0.2, -0.15) is 0 Å². The molecule has 140 valence electrons. The summed E-state index contributed by atoms with van der Waals surface area (Å²) in [6, 6.07) is 0. The molecule has 0 aliphatic carbocycles. The number of ketones is 2. The van der Waals surface area contributed by atoms with Crippen molar-refractivity contribution < 1.29 is 9.59 Å². The number of allylic oxidation sites excluding steroid dienone is 3. The smallest absolute Gasteiger partial charge is 0.217 e. The van der Waals surface area contributed by atoms with Crippen LogP contribution in [0.4, 0.5) is 0 Å². The highest BCUT2D eigenvalue weighted by Crippen LogP contribution is 2.37. The van der Waals surface area contributed by atoms with Crippen LogP contribution >= 0.6 is 11.8 Å². The molecule has 0 amide bonds. The molecule has 1 aromatic heterocycles. The number of rotatable bonds is 8. The molecule has 1 heterocycles. The average molecular weight is 375 g/mol. The number of thioether (sulfide) groups is 1. The lowest BCUT2D eigenvalue weighted by molar-refractivity contribution is -0.109. The molecule has 1 aromatic rings. The lowest BCUT2D eigenvalue weighted by atomic mass is 10.1. The Labute approximate surface area is 158 Å². The van der Waals surface area contributed by atoms with Crippen molar-refractivity contribution in [2.75, 3.05) is 7.05 Å². The minimum atomic E-state index is -0.386. The molecule has 0 saturated carbocycles. The average Bonchev–Trinajstić information content (AvgIpc) is 2.83. The Kier molecular flexibility index (Phi) is 7.76. The van der Waals surface area contributed by atoms with Gasteiger partial charge in [-0.05, 0) is 32.5 Å². The van der Waals surface area contributed by atoms with E-state index in [9.17, 15) is 9.59 Å². The van der Waals surface area contributed by atoms with Gasteiger partial charge >= 0.3 is 0 Å². The topological polar surface area (TPSA) is 101 Å². The molecule has 0 radical (unpaired) electrons. The fraction of sp³-hybridized carbons (Fsp3) is 0.368. The number of aliphatic imine (C=N–C) groups is 1. The van der Waals surface area contributed by atoms with E-state index in [1.54, 1.807) is 13.3 Å². The zero-order chi connectivity index (χ0) is 20.0. The summed E-state index contributed by atoms with van der Waals surface area (Å²) in [5, 5.41) is 7.91. The number of nitrogens with two attached hydrogens (primary N) is 1. The van der Waals surface area contributed by atoms with Crippen LogP contribution in [0.25, 0.3) is 0 Å². The van der Waals surface area contributed by atoms with E-state index in [1.807, 2.05) is 32.4 Å². The zero-order valence-corrected chi connectivity index (χ0v) is 17.0. The van der Waals surface area contributed by atoms with Crippen molar-refractivity contribution in [3.05, 3.63) is 39.7 Å². The molecule has 26 heavy (non-hydrogen) atoms. The van der Waals surface area contributed by atoms with E-state index in [0.717, 1.165) is 16.2 Å². The number of hydrogen-bond acceptors (Lipinski definition) is 6. The predicted molar refractivity (Wildman–Crippen MR) is 109 cm³/mol. The first-order chi connectivity index (χ1) is 12.2. The van der Waals surface area contributed by atoms with Gasteiger partial charge in [0.25, 0.3) is 0 Å². The van der Waals surface area contributed by atoms with Gasteiger partial charge in [0.15, 0.2) is 5.78 Å². The minimum Gasteiger partial charge on any atom is -0.405 e. The summed E-state index contributed by atoms with van der Waals surface area (Å²) in [7, 11) is 3.46. The SMILES string of the molecule is CC/C(C)=C(\Sc1c(/C=N\C)c(C(C)=O)n(C)c1C)C(=O)C(=N)/C=C\N. The van der Waals surface area contributed by atoms with E-state index in [2.05, 4.69) is 4.99 Å². The first-order valence-corrected chi connectivity index (χ1v) is 9.04. The fourth-order valence-corrected chi connectivity index (χ4v) is 3.76. The second-order valence-electron chi connectivity index (χ2n) is 5.85. The zero-order valence-electron chi connectivity index (χ0n) is 16.1. The van der Waals surface area contributed by atoms with Crippen molar-refractivity contribution in [1.82, 2.24) is 4.57 Å². The van der Waals surface area contributed by atoms with Crippen LogP contribution in [0.2, 0.25) is 0 Å². The number of carbonyl (C=O) groups is 2. The largest absolute Gasteiger partial charge is 0.405 e. The maximum atomic E-state index is 12.7. The molecule has 7 heteroatoms. The Bertz CT molecular complexity index is 829. The lowest BCUT2D eigenvalue weighted by Gasteiger charge is -2.11. The van der Waals surface area contributed by atoms with E-state index in [4.69, 9.17) is 11.1 Å². The number of Topliss-reactive ketones (excluding diaryl/α,β-unsaturated/α-hetero) is 2. The number of nitrogens with zero attached hydrogens (tertiary/aromatic N) is 2. The molecule has 0 aliphatic heterocycles. The molecule has 6 nitrogen and oxygen atoms in total. The van der Waals surface area contributed by atoms with Crippen molar-refractivity contribution in [2.45, 2.75) is 39.0 Å². The van der Waals surface area contributed by atoms with Gasteiger partial charge in [-0.1, -0.05) is 24.3 Å². The van der Waals surface area contributed by atoms with Gasteiger partial charge in [0.1, 0.15) is 5.71 Å². The molecule has 0 atom stereocenters. The van der Waals surface area contributed by atoms with Gasteiger partial charge in [0, 0.05) is 43.4 Å². The van der Waals surface area contributed by atoms with Crippen LogP contribution in [0.3, 0.4) is 0 Å². The summed E-state index contributed by atoms with van der Waals surface area (Å²) in [6.07, 6.45) is 4.77. The van der Waals surface area contributed by atoms with Gasteiger partial charge < -0.3 is 10.3 Å². The normalized spacial score (nSPS) is 12.7. The van der Waals surface area contributed by atoms with E-state index >= 15 is 0 Å². The van der Waals surface area contributed by atoms with Crippen molar-refractivity contribution in [3.63, 3.8) is 0 Å². The monoisotopic (exact) mass is 374 g/mol. The van der Waals surface area contributed by atoms with Crippen LogP contribution in [0.1, 0.15) is 48.9 Å². The van der Waals surface area contributed by atoms with Gasteiger partial charge in [0.05, 0.1) is 10.6 Å². The van der Waals surface area contributed by atoms with Gasteiger partial charge in [-0.3, -0.25) is 20.0 Å². The van der Waals surface area contributed by atoms with E-state index in [0.29, 0.717) is 22.6 Å². The Balaban J connectivity index is 3.60. The summed E-state index contributed by atoms with van der Waals surface area (Å²) in [5.74, 6) is -0.455. The number of hydrogen-bond donors (Lipinski definition) is 2. The molecule has 0 spiro atoms. The maximum Gasteiger partial charge on any atom is 0.217 e. The molecular formula is C19H26N4O2S. The molecule has 0 unspecified atom stereocenters. The molecule has 0 saturated heterocycles. The van der Waals surface area contributed by atoms with Crippen LogP contribution in [0, 0.1) is 12.3 Å². The first kappa shape index (κ1) is 21.6. The Hall–Kier alpha value is -2.41. The van der Waals surface area contributed by atoms with Crippen LogP contribution in [-0.4, -0.2) is 35.1 Å². The third-order valence-corrected chi connectivity index (χ3v) is 5.55. The molecule has 0 aromatic carbocycles. The summed E-state index contributed by atoms with van der Waals surface area (Å²) < 4.78 is 1.82. The first-order valence-electron chi connectivity index (χ1n) is 8.22. The second kappa shape index (κ2) is 9.33. The van der Waals surface area contributed by atoms with Crippen LogP contribution < -0.4 is 5.73 Å². The Morgan fingerprint density at radius 3 is 2.42 bits per heavy atom. The highest BCUT2D eigenvalue weighted by atomic mass is 32.2. The third-order valence-electron chi connectivity index (χ3n) is 4.09. The standard InChI is InChI=1S/C19H26N4O2S/c1-7-11(2)18(17(25)15(21)8-9-20)26-19-12(3)23(6)16(13(4)24)14(19)10-22-5/h8-10,21H,7,20H2,1-6H3/b9-8-,18-11-,21-15?,22-10-. The third kappa shape index (κ3) is 4.40.